The summed E-state index contributed by atoms with van der Waals surface area (Å²) in [5.41, 5.74) is 1.80. The van der Waals surface area contributed by atoms with Crippen LogP contribution in [0.15, 0.2) is 18.2 Å². The number of aromatic nitrogens is 1. The number of amides is 1. The highest BCUT2D eigenvalue weighted by Gasteiger charge is 2.11. The van der Waals surface area contributed by atoms with Gasteiger partial charge >= 0.3 is 0 Å². The lowest BCUT2D eigenvalue weighted by molar-refractivity contribution is 0.0938. The van der Waals surface area contributed by atoms with Crippen molar-refractivity contribution in [3.05, 3.63) is 35.3 Å². The van der Waals surface area contributed by atoms with Crippen LogP contribution in [0.2, 0.25) is 0 Å². The first-order valence-corrected chi connectivity index (χ1v) is 6.76. The summed E-state index contributed by atoms with van der Waals surface area (Å²) in [7, 11) is 0. The van der Waals surface area contributed by atoms with E-state index in [9.17, 15) is 14.3 Å². The second kappa shape index (κ2) is 6.05. The van der Waals surface area contributed by atoms with Crippen molar-refractivity contribution in [1.29, 1.82) is 0 Å². The first-order valence-electron chi connectivity index (χ1n) is 6.76. The first kappa shape index (κ1) is 14.5. The average molecular weight is 278 g/mol. The van der Waals surface area contributed by atoms with Crippen LogP contribution >= 0.6 is 0 Å². The van der Waals surface area contributed by atoms with Crippen molar-refractivity contribution in [2.45, 2.75) is 32.8 Å². The van der Waals surface area contributed by atoms with Gasteiger partial charge in [-0.15, -0.1) is 0 Å². The Hall–Kier alpha value is -1.88. The van der Waals surface area contributed by atoms with Crippen LogP contribution in [0.5, 0.6) is 0 Å². The lowest BCUT2D eigenvalue weighted by Gasteiger charge is -2.07. The SMILES string of the molecule is CCC(O)CCNC(=O)c1cc2c(C)cc(F)cc2[nH]1. The van der Waals surface area contributed by atoms with Gasteiger partial charge in [-0.1, -0.05) is 6.92 Å². The molecule has 2 rings (SSSR count). The number of nitrogens with one attached hydrogen (secondary N) is 2. The quantitative estimate of drug-likeness (QED) is 0.786. The van der Waals surface area contributed by atoms with Crippen LogP contribution in [0.3, 0.4) is 0 Å². The number of hydrogen-bond donors (Lipinski definition) is 3. The molecule has 1 aromatic heterocycles. The van der Waals surface area contributed by atoms with E-state index < -0.39 is 6.10 Å². The Bertz CT molecular complexity index is 622. The summed E-state index contributed by atoms with van der Waals surface area (Å²) in [6.45, 7) is 4.11. The Labute approximate surface area is 117 Å². The molecule has 0 radical (unpaired) electrons. The van der Waals surface area contributed by atoms with Crippen LogP contribution in [-0.2, 0) is 0 Å². The number of H-pyrrole nitrogens is 1. The average Bonchev–Trinajstić information content (AvgIpc) is 2.82. The number of carbonyl (C=O) groups is 1. The van der Waals surface area contributed by atoms with Crippen molar-refractivity contribution in [3.8, 4) is 0 Å². The monoisotopic (exact) mass is 278 g/mol. The molecule has 0 saturated heterocycles. The Morgan fingerprint density at radius 2 is 2.20 bits per heavy atom. The van der Waals surface area contributed by atoms with E-state index in [0.29, 0.717) is 30.6 Å². The predicted octanol–water partition coefficient (Wildman–Crippen LogP) is 2.51. The molecule has 0 bridgehead atoms. The van der Waals surface area contributed by atoms with E-state index in [1.807, 2.05) is 6.92 Å². The molecule has 108 valence electrons. The van der Waals surface area contributed by atoms with Gasteiger partial charge in [-0.2, -0.15) is 0 Å². The predicted molar refractivity (Wildman–Crippen MR) is 76.2 cm³/mol. The van der Waals surface area contributed by atoms with E-state index in [2.05, 4.69) is 10.3 Å². The lowest BCUT2D eigenvalue weighted by atomic mass is 10.1. The number of rotatable bonds is 5. The summed E-state index contributed by atoms with van der Waals surface area (Å²) in [6, 6.07) is 4.53. The molecule has 0 aliphatic carbocycles. The normalized spacial score (nSPS) is 12.6. The Morgan fingerprint density at radius 3 is 2.90 bits per heavy atom. The number of aromatic amines is 1. The summed E-state index contributed by atoms with van der Waals surface area (Å²) >= 11 is 0. The van der Waals surface area contributed by atoms with Gasteiger partial charge in [0, 0.05) is 17.4 Å². The third kappa shape index (κ3) is 3.17. The summed E-state index contributed by atoms with van der Waals surface area (Å²) < 4.78 is 13.3. The highest BCUT2D eigenvalue weighted by Crippen LogP contribution is 2.21. The first-order chi connectivity index (χ1) is 9.51. The fraction of sp³-hybridized carbons (Fsp3) is 0.400. The van der Waals surface area contributed by atoms with Gasteiger partial charge in [0.1, 0.15) is 11.5 Å². The molecule has 5 heteroatoms. The van der Waals surface area contributed by atoms with Gasteiger partial charge in [0.05, 0.1) is 6.10 Å². The molecule has 0 aliphatic rings. The molecule has 1 unspecified atom stereocenters. The van der Waals surface area contributed by atoms with Crippen LogP contribution in [0, 0.1) is 12.7 Å². The van der Waals surface area contributed by atoms with E-state index >= 15 is 0 Å². The molecular weight excluding hydrogens is 259 g/mol. The van der Waals surface area contributed by atoms with Crippen molar-refractivity contribution in [2.24, 2.45) is 0 Å². The van der Waals surface area contributed by atoms with Gasteiger partial charge in [0.15, 0.2) is 0 Å². The van der Waals surface area contributed by atoms with Gasteiger partial charge < -0.3 is 15.4 Å². The second-order valence-corrected chi connectivity index (χ2v) is 4.97. The molecule has 20 heavy (non-hydrogen) atoms. The summed E-state index contributed by atoms with van der Waals surface area (Å²) in [5, 5.41) is 13.0. The highest BCUT2D eigenvalue weighted by molar-refractivity contribution is 5.98. The molecule has 1 aromatic carbocycles. The van der Waals surface area contributed by atoms with Crippen LogP contribution < -0.4 is 5.32 Å². The Kier molecular flexibility index (Phi) is 4.39. The standard InChI is InChI=1S/C15H19FN2O2/c1-3-11(19)4-5-17-15(20)14-8-12-9(2)6-10(16)7-13(12)18-14/h6-8,11,18-19H,3-5H2,1-2H3,(H,17,20). The van der Waals surface area contributed by atoms with Gasteiger partial charge in [-0.25, -0.2) is 4.39 Å². The Balaban J connectivity index is 2.09. The zero-order valence-electron chi connectivity index (χ0n) is 11.7. The number of aliphatic hydroxyl groups excluding tert-OH is 1. The second-order valence-electron chi connectivity index (χ2n) is 4.97. The van der Waals surface area contributed by atoms with E-state index in [-0.39, 0.29) is 11.7 Å². The summed E-state index contributed by atoms with van der Waals surface area (Å²) in [6.07, 6.45) is 0.797. The fourth-order valence-electron chi connectivity index (χ4n) is 2.15. The third-order valence-electron chi connectivity index (χ3n) is 3.39. The van der Waals surface area contributed by atoms with Crippen molar-refractivity contribution in [3.63, 3.8) is 0 Å². The Morgan fingerprint density at radius 1 is 1.45 bits per heavy atom. The van der Waals surface area contributed by atoms with Crippen molar-refractivity contribution < 1.29 is 14.3 Å². The summed E-state index contributed by atoms with van der Waals surface area (Å²) in [4.78, 5) is 14.9. The molecule has 1 amide bonds. The van der Waals surface area contributed by atoms with Crippen LogP contribution in [0.4, 0.5) is 4.39 Å². The summed E-state index contributed by atoms with van der Waals surface area (Å²) in [5.74, 6) is -0.570. The number of hydrogen-bond acceptors (Lipinski definition) is 2. The molecule has 0 spiro atoms. The van der Waals surface area contributed by atoms with Gasteiger partial charge in [-0.05, 0) is 43.5 Å². The molecule has 0 saturated carbocycles. The van der Waals surface area contributed by atoms with Gasteiger partial charge in [-0.3, -0.25) is 4.79 Å². The fourth-order valence-corrected chi connectivity index (χ4v) is 2.15. The van der Waals surface area contributed by atoms with Crippen LogP contribution in [0.1, 0.15) is 35.8 Å². The lowest BCUT2D eigenvalue weighted by Crippen LogP contribution is -2.27. The molecule has 2 aromatic rings. The van der Waals surface area contributed by atoms with E-state index in [1.54, 1.807) is 13.0 Å². The van der Waals surface area contributed by atoms with Crippen LogP contribution in [-0.4, -0.2) is 28.6 Å². The molecule has 4 nitrogen and oxygen atoms in total. The number of halogens is 1. The number of fused-ring (bicyclic) bond motifs is 1. The minimum Gasteiger partial charge on any atom is -0.393 e. The minimum atomic E-state index is -0.394. The van der Waals surface area contributed by atoms with E-state index in [0.717, 1.165) is 10.9 Å². The molecule has 0 fully saturated rings. The molecule has 1 heterocycles. The van der Waals surface area contributed by atoms with Gasteiger partial charge in [0.25, 0.3) is 5.91 Å². The maximum Gasteiger partial charge on any atom is 0.267 e. The largest absolute Gasteiger partial charge is 0.393 e. The molecule has 0 aliphatic heterocycles. The highest BCUT2D eigenvalue weighted by atomic mass is 19.1. The zero-order chi connectivity index (χ0) is 14.7. The van der Waals surface area contributed by atoms with Gasteiger partial charge in [0.2, 0.25) is 0 Å². The topological polar surface area (TPSA) is 65.1 Å². The van der Waals surface area contributed by atoms with Crippen LogP contribution in [0.25, 0.3) is 10.9 Å². The zero-order valence-corrected chi connectivity index (χ0v) is 11.7. The van der Waals surface area contributed by atoms with Crippen molar-refractivity contribution >= 4 is 16.8 Å². The number of aryl methyl sites for hydroxylation is 1. The minimum absolute atomic E-state index is 0.246. The maximum absolute atomic E-state index is 13.3. The maximum atomic E-state index is 13.3. The third-order valence-corrected chi connectivity index (χ3v) is 3.39. The van der Waals surface area contributed by atoms with Crippen molar-refractivity contribution in [2.75, 3.05) is 6.54 Å². The van der Waals surface area contributed by atoms with E-state index in [4.69, 9.17) is 0 Å². The number of carbonyl (C=O) groups excluding carboxylic acids is 1. The smallest absolute Gasteiger partial charge is 0.267 e. The molecular formula is C15H19FN2O2. The van der Waals surface area contributed by atoms with Crippen molar-refractivity contribution in [1.82, 2.24) is 10.3 Å². The number of aliphatic hydroxyl groups is 1. The van der Waals surface area contributed by atoms with E-state index in [1.165, 1.54) is 12.1 Å². The number of benzene rings is 1. The molecule has 3 N–H and O–H groups in total. The molecule has 1 atom stereocenters.